The first kappa shape index (κ1) is 18.9. The Morgan fingerprint density at radius 1 is 1.11 bits per heavy atom. The van der Waals surface area contributed by atoms with Crippen LogP contribution in [0.25, 0.3) is 0 Å². The topological polar surface area (TPSA) is 76.1 Å². The van der Waals surface area contributed by atoms with Crippen molar-refractivity contribution in [2.45, 2.75) is 25.6 Å². The number of para-hydroxylation sites is 1. The van der Waals surface area contributed by atoms with E-state index in [0.29, 0.717) is 18.7 Å². The van der Waals surface area contributed by atoms with Gasteiger partial charge in [-0.15, -0.1) is 0 Å². The molecule has 0 spiro atoms. The minimum atomic E-state index is -1.06. The van der Waals surface area contributed by atoms with Crippen molar-refractivity contribution in [2.75, 3.05) is 19.7 Å². The van der Waals surface area contributed by atoms with E-state index in [9.17, 15) is 9.59 Å². The molecule has 0 saturated carbocycles. The molecule has 0 aliphatic carbocycles. The SMILES string of the molecule is C[C@@H]1CN(C(=O)COc2ccccc2Cc2ccccc2)CC(C(=O)O)O1. The highest BCUT2D eigenvalue weighted by Crippen LogP contribution is 2.22. The number of carbonyl (C=O) groups excluding carboxylic acids is 1. The molecule has 27 heavy (non-hydrogen) atoms. The van der Waals surface area contributed by atoms with Crippen LogP contribution in [0.2, 0.25) is 0 Å². The van der Waals surface area contributed by atoms with E-state index in [-0.39, 0.29) is 25.2 Å². The molecule has 1 heterocycles. The van der Waals surface area contributed by atoms with Gasteiger partial charge in [-0.2, -0.15) is 0 Å². The number of carboxylic acid groups (broad SMARTS) is 1. The largest absolute Gasteiger partial charge is 0.483 e. The van der Waals surface area contributed by atoms with Gasteiger partial charge in [-0.05, 0) is 24.1 Å². The molecule has 1 saturated heterocycles. The van der Waals surface area contributed by atoms with Crippen LogP contribution in [0, 0.1) is 0 Å². The van der Waals surface area contributed by atoms with Crippen LogP contribution in [0.5, 0.6) is 5.75 Å². The Hall–Kier alpha value is -2.86. The number of amides is 1. The van der Waals surface area contributed by atoms with E-state index in [2.05, 4.69) is 0 Å². The number of ether oxygens (including phenoxy) is 2. The molecule has 1 unspecified atom stereocenters. The average Bonchev–Trinajstić information content (AvgIpc) is 2.67. The highest BCUT2D eigenvalue weighted by atomic mass is 16.5. The van der Waals surface area contributed by atoms with Crippen molar-refractivity contribution in [3.05, 3.63) is 65.7 Å². The average molecular weight is 369 g/mol. The summed E-state index contributed by atoms with van der Waals surface area (Å²) in [4.78, 5) is 25.2. The molecule has 6 nitrogen and oxygen atoms in total. The second-order valence-electron chi connectivity index (χ2n) is 6.63. The van der Waals surface area contributed by atoms with Crippen LogP contribution in [0.1, 0.15) is 18.1 Å². The zero-order chi connectivity index (χ0) is 19.2. The van der Waals surface area contributed by atoms with Gasteiger partial charge in [0, 0.05) is 13.0 Å². The standard InChI is InChI=1S/C21H23NO5/c1-15-12-22(13-19(27-15)21(24)25)20(23)14-26-18-10-6-5-9-17(18)11-16-7-3-2-4-8-16/h2-10,15,19H,11-14H2,1H3,(H,24,25)/t15-,19?/m1/s1. The van der Waals surface area contributed by atoms with E-state index in [1.165, 1.54) is 4.90 Å². The monoisotopic (exact) mass is 369 g/mol. The van der Waals surface area contributed by atoms with Gasteiger partial charge in [0.1, 0.15) is 5.75 Å². The fourth-order valence-electron chi connectivity index (χ4n) is 3.13. The molecule has 3 rings (SSSR count). The van der Waals surface area contributed by atoms with Crippen LogP contribution < -0.4 is 4.74 Å². The van der Waals surface area contributed by atoms with E-state index in [4.69, 9.17) is 14.6 Å². The van der Waals surface area contributed by atoms with Gasteiger partial charge in [0.25, 0.3) is 5.91 Å². The van der Waals surface area contributed by atoms with E-state index in [0.717, 1.165) is 11.1 Å². The number of hydrogen-bond donors (Lipinski definition) is 1. The maximum absolute atomic E-state index is 12.5. The smallest absolute Gasteiger partial charge is 0.334 e. The van der Waals surface area contributed by atoms with Crippen LogP contribution in [0.3, 0.4) is 0 Å². The van der Waals surface area contributed by atoms with E-state index < -0.39 is 12.1 Å². The Morgan fingerprint density at radius 2 is 1.81 bits per heavy atom. The normalized spacial score (nSPS) is 19.5. The van der Waals surface area contributed by atoms with E-state index in [1.807, 2.05) is 54.6 Å². The molecule has 2 aromatic rings. The van der Waals surface area contributed by atoms with Crippen molar-refractivity contribution in [1.29, 1.82) is 0 Å². The van der Waals surface area contributed by atoms with Crippen molar-refractivity contribution < 1.29 is 24.2 Å². The lowest BCUT2D eigenvalue weighted by molar-refractivity contribution is -0.167. The molecule has 1 N–H and O–H groups in total. The van der Waals surface area contributed by atoms with E-state index >= 15 is 0 Å². The van der Waals surface area contributed by atoms with E-state index in [1.54, 1.807) is 6.92 Å². The summed E-state index contributed by atoms with van der Waals surface area (Å²) in [5.41, 5.74) is 2.15. The number of hydrogen-bond acceptors (Lipinski definition) is 4. The Bertz CT molecular complexity index is 792. The first-order valence-electron chi connectivity index (χ1n) is 8.93. The molecule has 2 aromatic carbocycles. The minimum absolute atomic E-state index is 0.0352. The van der Waals surface area contributed by atoms with Gasteiger partial charge < -0.3 is 19.5 Å². The molecular formula is C21H23NO5. The van der Waals surface area contributed by atoms with Crippen molar-refractivity contribution in [3.8, 4) is 5.75 Å². The molecule has 2 atom stereocenters. The van der Waals surface area contributed by atoms with Gasteiger partial charge in [-0.25, -0.2) is 4.79 Å². The third-order valence-electron chi connectivity index (χ3n) is 4.45. The highest BCUT2D eigenvalue weighted by molar-refractivity contribution is 5.80. The third kappa shape index (κ3) is 5.08. The summed E-state index contributed by atoms with van der Waals surface area (Å²) in [5, 5.41) is 9.15. The third-order valence-corrected chi connectivity index (χ3v) is 4.45. The number of rotatable bonds is 6. The molecule has 1 fully saturated rings. The van der Waals surface area contributed by atoms with Crippen LogP contribution in [0.4, 0.5) is 0 Å². The van der Waals surface area contributed by atoms with Crippen molar-refractivity contribution in [2.24, 2.45) is 0 Å². The summed E-state index contributed by atoms with van der Waals surface area (Å²) in [6.07, 6.45) is -0.613. The molecule has 0 aromatic heterocycles. The van der Waals surface area contributed by atoms with Gasteiger partial charge in [0.15, 0.2) is 12.7 Å². The lowest BCUT2D eigenvalue weighted by atomic mass is 10.0. The maximum atomic E-state index is 12.5. The molecule has 1 aliphatic heterocycles. The van der Waals surface area contributed by atoms with Crippen molar-refractivity contribution in [3.63, 3.8) is 0 Å². The number of carbonyl (C=O) groups is 2. The minimum Gasteiger partial charge on any atom is -0.483 e. The van der Waals surface area contributed by atoms with Crippen LogP contribution >= 0.6 is 0 Å². The number of morpholine rings is 1. The van der Waals surface area contributed by atoms with Gasteiger partial charge in [-0.3, -0.25) is 4.79 Å². The zero-order valence-electron chi connectivity index (χ0n) is 15.2. The van der Waals surface area contributed by atoms with Gasteiger partial charge in [0.2, 0.25) is 0 Å². The number of nitrogens with zero attached hydrogens (tertiary/aromatic N) is 1. The van der Waals surface area contributed by atoms with Crippen molar-refractivity contribution in [1.82, 2.24) is 4.90 Å². The van der Waals surface area contributed by atoms with Crippen LogP contribution in [-0.4, -0.2) is 53.8 Å². The molecule has 0 radical (unpaired) electrons. The second kappa shape index (κ2) is 8.68. The first-order chi connectivity index (χ1) is 13.0. The van der Waals surface area contributed by atoms with Gasteiger partial charge >= 0.3 is 5.97 Å². The predicted molar refractivity (Wildman–Crippen MR) is 99.7 cm³/mol. The molecular weight excluding hydrogens is 346 g/mol. The summed E-state index contributed by atoms with van der Waals surface area (Å²) in [6.45, 7) is 2.02. The van der Waals surface area contributed by atoms with Crippen molar-refractivity contribution >= 4 is 11.9 Å². The predicted octanol–water partition coefficient (Wildman–Crippen LogP) is 2.36. The fraction of sp³-hybridized carbons (Fsp3) is 0.333. The lowest BCUT2D eigenvalue weighted by Crippen LogP contribution is -2.52. The number of carboxylic acids is 1. The molecule has 0 bridgehead atoms. The maximum Gasteiger partial charge on any atom is 0.334 e. The Kier molecular flexibility index (Phi) is 6.08. The Morgan fingerprint density at radius 3 is 2.56 bits per heavy atom. The lowest BCUT2D eigenvalue weighted by Gasteiger charge is -2.34. The van der Waals surface area contributed by atoms with Crippen LogP contribution in [-0.2, 0) is 20.7 Å². The quantitative estimate of drug-likeness (QED) is 0.846. The number of aliphatic carboxylic acids is 1. The first-order valence-corrected chi connectivity index (χ1v) is 8.93. The summed E-state index contributed by atoms with van der Waals surface area (Å²) in [6, 6.07) is 17.7. The summed E-state index contributed by atoms with van der Waals surface area (Å²) >= 11 is 0. The molecule has 1 aliphatic rings. The Balaban J connectivity index is 1.63. The van der Waals surface area contributed by atoms with Crippen LogP contribution in [0.15, 0.2) is 54.6 Å². The summed E-state index contributed by atoms with van der Waals surface area (Å²) in [7, 11) is 0. The van der Waals surface area contributed by atoms with Gasteiger partial charge in [0.05, 0.1) is 12.6 Å². The Labute approximate surface area is 158 Å². The van der Waals surface area contributed by atoms with Gasteiger partial charge in [-0.1, -0.05) is 48.5 Å². The zero-order valence-corrected chi connectivity index (χ0v) is 15.2. The summed E-state index contributed by atoms with van der Waals surface area (Å²) in [5.74, 6) is -0.648. The fourth-order valence-corrected chi connectivity index (χ4v) is 3.13. The molecule has 1 amide bonds. The molecule has 142 valence electrons. The summed E-state index contributed by atoms with van der Waals surface area (Å²) < 4.78 is 11.1. The second-order valence-corrected chi connectivity index (χ2v) is 6.63. The highest BCUT2D eigenvalue weighted by Gasteiger charge is 2.32. The molecule has 6 heteroatoms. The number of benzene rings is 2.